The van der Waals surface area contributed by atoms with Crippen LogP contribution in [0, 0.1) is 15.9 Å². The smallest absolute Gasteiger partial charge is 0.324 e. The molecule has 0 fully saturated rings. The number of fused-ring (bicyclic) bond motifs is 1. The lowest BCUT2D eigenvalue weighted by Crippen LogP contribution is -1.99. The molecular formula is C12H4Br2ClFN4O3. The van der Waals surface area contributed by atoms with Gasteiger partial charge >= 0.3 is 5.69 Å². The van der Waals surface area contributed by atoms with E-state index in [9.17, 15) is 14.5 Å². The van der Waals surface area contributed by atoms with Crippen LogP contribution in [0.15, 0.2) is 31.8 Å². The van der Waals surface area contributed by atoms with Crippen molar-refractivity contribution in [2.45, 2.75) is 0 Å². The Labute approximate surface area is 149 Å². The number of hydrogen-bond acceptors (Lipinski definition) is 6. The fourth-order valence-electron chi connectivity index (χ4n) is 1.95. The number of nitrogens with zero attached hydrogens (tertiary/aromatic N) is 3. The van der Waals surface area contributed by atoms with Crippen LogP contribution in [0.25, 0.3) is 11.0 Å². The molecule has 1 heterocycles. The van der Waals surface area contributed by atoms with E-state index in [-0.39, 0.29) is 37.6 Å². The number of aromatic nitrogens is 2. The molecule has 0 atom stereocenters. The largest absolute Gasteiger partial charge is 0.350 e. The second-order valence-electron chi connectivity index (χ2n) is 4.35. The maximum absolute atomic E-state index is 13.7. The lowest BCUT2D eigenvalue weighted by Gasteiger charge is -2.09. The van der Waals surface area contributed by atoms with Gasteiger partial charge in [0, 0.05) is 5.69 Å². The van der Waals surface area contributed by atoms with Crippen molar-refractivity contribution in [1.82, 2.24) is 10.3 Å². The summed E-state index contributed by atoms with van der Waals surface area (Å²) in [6.45, 7) is 0. The molecule has 0 saturated heterocycles. The monoisotopic (exact) mass is 464 g/mol. The van der Waals surface area contributed by atoms with Crippen molar-refractivity contribution in [2.75, 3.05) is 5.32 Å². The molecule has 3 rings (SSSR count). The van der Waals surface area contributed by atoms with Gasteiger partial charge in [-0.2, -0.15) is 0 Å². The van der Waals surface area contributed by atoms with Crippen molar-refractivity contribution in [2.24, 2.45) is 0 Å². The van der Waals surface area contributed by atoms with Gasteiger partial charge in [0.25, 0.3) is 0 Å². The van der Waals surface area contributed by atoms with E-state index in [1.54, 1.807) is 0 Å². The number of nitrogens with one attached hydrogen (secondary N) is 1. The van der Waals surface area contributed by atoms with Gasteiger partial charge in [-0.15, -0.1) is 0 Å². The highest BCUT2D eigenvalue weighted by atomic mass is 79.9. The zero-order valence-corrected chi connectivity index (χ0v) is 14.7. The van der Waals surface area contributed by atoms with Crippen molar-refractivity contribution in [3.63, 3.8) is 0 Å². The highest BCUT2D eigenvalue weighted by molar-refractivity contribution is 9.11. The highest BCUT2D eigenvalue weighted by Gasteiger charge is 2.25. The third-order valence-corrected chi connectivity index (χ3v) is 4.85. The molecule has 1 aromatic heterocycles. The van der Waals surface area contributed by atoms with Gasteiger partial charge in [-0.25, -0.2) is 9.02 Å². The van der Waals surface area contributed by atoms with Crippen LogP contribution in [0.5, 0.6) is 0 Å². The molecule has 0 bridgehead atoms. The molecule has 0 aliphatic rings. The number of anilines is 2. The molecule has 23 heavy (non-hydrogen) atoms. The summed E-state index contributed by atoms with van der Waals surface area (Å²) in [6.07, 6.45) is 0. The van der Waals surface area contributed by atoms with Crippen LogP contribution < -0.4 is 5.32 Å². The van der Waals surface area contributed by atoms with Crippen LogP contribution in [0.3, 0.4) is 0 Å². The summed E-state index contributed by atoms with van der Waals surface area (Å²) in [5.74, 6) is -0.606. The topological polar surface area (TPSA) is 94.1 Å². The summed E-state index contributed by atoms with van der Waals surface area (Å²) in [5.41, 5.74) is 0.158. The first-order chi connectivity index (χ1) is 10.9. The normalized spacial score (nSPS) is 11.0. The van der Waals surface area contributed by atoms with Crippen molar-refractivity contribution in [3.8, 4) is 0 Å². The minimum absolute atomic E-state index is 0.0319. The Morgan fingerprint density at radius 2 is 1.96 bits per heavy atom. The number of benzene rings is 2. The molecular weight excluding hydrogens is 462 g/mol. The zero-order valence-electron chi connectivity index (χ0n) is 10.8. The van der Waals surface area contributed by atoms with Crippen molar-refractivity contribution < 1.29 is 13.9 Å². The maximum Gasteiger partial charge on any atom is 0.324 e. The van der Waals surface area contributed by atoms with Crippen LogP contribution in [-0.2, 0) is 0 Å². The standard InChI is InChI=1S/C12H4Br2ClFN4O3/c13-5-3-8(12(20(21)22)11-10(5)18-23-19-11)17-4-1-6(15)9(14)7(16)2-4/h1-3,17H. The van der Waals surface area contributed by atoms with Gasteiger partial charge in [0.05, 0.1) is 18.9 Å². The van der Waals surface area contributed by atoms with E-state index in [0.717, 1.165) is 6.07 Å². The molecule has 3 aromatic rings. The molecule has 2 aromatic carbocycles. The predicted octanol–water partition coefficient (Wildman–Crippen LogP) is 5.19. The van der Waals surface area contributed by atoms with Gasteiger partial charge < -0.3 is 5.32 Å². The lowest BCUT2D eigenvalue weighted by molar-refractivity contribution is -0.382. The fraction of sp³-hybridized carbons (Fsp3) is 0. The van der Waals surface area contributed by atoms with E-state index in [4.69, 9.17) is 11.6 Å². The summed E-state index contributed by atoms with van der Waals surface area (Å²) >= 11 is 12.1. The van der Waals surface area contributed by atoms with Gasteiger partial charge in [0.1, 0.15) is 11.5 Å². The Morgan fingerprint density at radius 1 is 1.26 bits per heavy atom. The third-order valence-electron chi connectivity index (χ3n) is 2.91. The average molecular weight is 466 g/mol. The molecule has 0 radical (unpaired) electrons. The molecule has 0 spiro atoms. The van der Waals surface area contributed by atoms with Crippen molar-refractivity contribution >= 4 is 71.6 Å². The molecule has 7 nitrogen and oxygen atoms in total. The minimum atomic E-state index is -0.627. The Hall–Kier alpha value is -1.78. The first-order valence-electron chi connectivity index (χ1n) is 5.89. The van der Waals surface area contributed by atoms with E-state index in [1.165, 1.54) is 12.1 Å². The van der Waals surface area contributed by atoms with Gasteiger partial charge in [-0.3, -0.25) is 10.1 Å². The Morgan fingerprint density at radius 3 is 2.61 bits per heavy atom. The molecule has 0 aliphatic carbocycles. The van der Waals surface area contributed by atoms with E-state index < -0.39 is 10.7 Å². The second kappa shape index (κ2) is 6.02. The molecule has 118 valence electrons. The maximum atomic E-state index is 13.7. The Kier molecular flexibility index (Phi) is 4.21. The summed E-state index contributed by atoms with van der Waals surface area (Å²) in [7, 11) is 0. The van der Waals surface area contributed by atoms with Crippen LogP contribution in [0.2, 0.25) is 5.02 Å². The van der Waals surface area contributed by atoms with Crippen LogP contribution >= 0.6 is 43.5 Å². The van der Waals surface area contributed by atoms with Gasteiger partial charge in [0.15, 0.2) is 5.52 Å². The van der Waals surface area contributed by atoms with E-state index in [1.807, 2.05) is 0 Å². The van der Waals surface area contributed by atoms with Gasteiger partial charge in [0.2, 0.25) is 5.52 Å². The minimum Gasteiger partial charge on any atom is -0.350 e. The van der Waals surface area contributed by atoms with Crippen LogP contribution in [-0.4, -0.2) is 15.2 Å². The molecule has 0 aliphatic heterocycles. The lowest BCUT2D eigenvalue weighted by atomic mass is 10.2. The number of nitro groups is 1. The quantitative estimate of drug-likeness (QED) is 0.324. The number of hydrogen-bond donors (Lipinski definition) is 1. The summed E-state index contributed by atoms with van der Waals surface area (Å²) < 4.78 is 18.8. The van der Waals surface area contributed by atoms with E-state index in [2.05, 4.69) is 52.1 Å². The van der Waals surface area contributed by atoms with Crippen LogP contribution in [0.1, 0.15) is 0 Å². The second-order valence-corrected chi connectivity index (χ2v) is 6.41. The van der Waals surface area contributed by atoms with Gasteiger partial charge in [-0.05, 0) is 60.4 Å². The zero-order chi connectivity index (χ0) is 16.7. The van der Waals surface area contributed by atoms with E-state index in [0.29, 0.717) is 4.47 Å². The van der Waals surface area contributed by atoms with Crippen LogP contribution in [0.4, 0.5) is 21.5 Å². The molecule has 11 heteroatoms. The summed E-state index contributed by atoms with van der Waals surface area (Å²) in [5, 5.41) is 21.4. The van der Waals surface area contributed by atoms with Crippen molar-refractivity contribution in [3.05, 3.63) is 48.1 Å². The summed E-state index contributed by atoms with van der Waals surface area (Å²) in [4.78, 5) is 10.7. The first-order valence-corrected chi connectivity index (χ1v) is 7.85. The number of rotatable bonds is 3. The summed E-state index contributed by atoms with van der Waals surface area (Å²) in [6, 6.07) is 4.01. The van der Waals surface area contributed by atoms with Gasteiger partial charge in [-0.1, -0.05) is 11.6 Å². The fourth-order valence-corrected chi connectivity index (χ4v) is 2.88. The first kappa shape index (κ1) is 16.1. The third kappa shape index (κ3) is 2.89. The molecule has 1 N–H and O–H groups in total. The Bertz CT molecular complexity index is 926. The number of halogens is 4. The molecule has 0 saturated carbocycles. The van der Waals surface area contributed by atoms with E-state index >= 15 is 0 Å². The Balaban J connectivity index is 2.16. The number of nitro benzene ring substituents is 1. The molecule has 0 unspecified atom stereocenters. The average Bonchev–Trinajstić information content (AvgIpc) is 2.94. The molecule has 0 amide bonds. The SMILES string of the molecule is O=[N+]([O-])c1c(Nc2cc(F)c(Br)c(Cl)c2)cc(Br)c2nonc12. The van der Waals surface area contributed by atoms with Crippen molar-refractivity contribution in [1.29, 1.82) is 0 Å². The highest BCUT2D eigenvalue weighted by Crippen LogP contribution is 2.39. The predicted molar refractivity (Wildman–Crippen MR) is 88.6 cm³/mol.